The van der Waals surface area contributed by atoms with Gasteiger partial charge in [-0.15, -0.1) is 0 Å². The van der Waals surface area contributed by atoms with Crippen molar-refractivity contribution in [1.29, 1.82) is 0 Å². The van der Waals surface area contributed by atoms with Gasteiger partial charge in [-0.05, 0) is 0 Å². The molecule has 0 nitrogen and oxygen atoms in total. The third-order valence-corrected chi connectivity index (χ3v) is 19.4. The summed E-state index contributed by atoms with van der Waals surface area (Å²) >= 11 is 5.82. The Balaban J connectivity index is 2.94. The van der Waals surface area contributed by atoms with Crippen molar-refractivity contribution in [3.63, 3.8) is 0 Å². The topological polar surface area (TPSA) is 0 Å². The molecule has 0 aliphatic heterocycles. The van der Waals surface area contributed by atoms with E-state index in [2.05, 4.69) is 97.2 Å². The van der Waals surface area contributed by atoms with Gasteiger partial charge in [0.25, 0.3) is 0 Å². The Hall–Kier alpha value is 0.736. The van der Waals surface area contributed by atoms with Gasteiger partial charge in [-0.3, -0.25) is 0 Å². The van der Waals surface area contributed by atoms with E-state index < -0.39 is 12.8 Å². The molecule has 0 aliphatic carbocycles. The van der Waals surface area contributed by atoms with Gasteiger partial charge in [0, 0.05) is 0 Å². The quantitative estimate of drug-likeness (QED) is 0.502. The van der Waals surface area contributed by atoms with Crippen LogP contribution < -0.4 is 5.30 Å². The van der Waals surface area contributed by atoms with Crippen molar-refractivity contribution in [3.05, 3.63) is 30.3 Å². The van der Waals surface area contributed by atoms with E-state index in [9.17, 15) is 0 Å². The zero-order valence-corrected chi connectivity index (χ0v) is 17.5. The van der Waals surface area contributed by atoms with Gasteiger partial charge in [0.15, 0.2) is 0 Å². The summed E-state index contributed by atoms with van der Waals surface area (Å²) in [7, 11) is -0.934. The van der Waals surface area contributed by atoms with Gasteiger partial charge in [0.1, 0.15) is 0 Å². The fourth-order valence-corrected chi connectivity index (χ4v) is 12.4. The van der Waals surface area contributed by atoms with Crippen molar-refractivity contribution < 1.29 is 0 Å². The molecule has 0 radical (unpaired) electrons. The zero-order chi connectivity index (χ0) is 14.7. The molecule has 0 saturated carbocycles. The van der Waals surface area contributed by atoms with Gasteiger partial charge < -0.3 is 0 Å². The van der Waals surface area contributed by atoms with Gasteiger partial charge in [0.05, 0.1) is 0 Å². The molecule has 0 amide bonds. The fourth-order valence-electron chi connectivity index (χ4n) is 1.76. The zero-order valence-electron chi connectivity index (χ0n) is 13.1. The predicted octanol–water partition coefficient (Wildman–Crippen LogP) is 5.20. The van der Waals surface area contributed by atoms with E-state index >= 15 is 0 Å². The van der Waals surface area contributed by atoms with Gasteiger partial charge >= 0.3 is 132 Å². The Morgan fingerprint density at radius 3 is 2.05 bits per heavy atom. The first-order valence-electron chi connectivity index (χ1n) is 6.87. The van der Waals surface area contributed by atoms with Gasteiger partial charge in [-0.25, -0.2) is 0 Å². The molecule has 0 saturated heterocycles. The summed E-state index contributed by atoms with van der Waals surface area (Å²) in [6.07, 6.45) is 0. The van der Waals surface area contributed by atoms with Crippen LogP contribution in [0.15, 0.2) is 30.3 Å². The van der Waals surface area contributed by atoms with Gasteiger partial charge in [-0.1, -0.05) is 0 Å². The van der Waals surface area contributed by atoms with Gasteiger partial charge in [0.2, 0.25) is 0 Å². The van der Waals surface area contributed by atoms with E-state index in [1.54, 1.807) is 0 Å². The molecule has 1 aromatic rings. The summed E-state index contributed by atoms with van der Waals surface area (Å²) in [6, 6.07) is 12.5. The molecule has 0 spiro atoms. The average Bonchev–Trinajstić information content (AvgIpc) is 2.26. The second-order valence-corrected chi connectivity index (χ2v) is 23.9. The van der Waals surface area contributed by atoms with Crippen LogP contribution in [0.1, 0.15) is 20.8 Å². The van der Waals surface area contributed by atoms with Crippen LogP contribution in [0.3, 0.4) is 0 Å². The van der Waals surface area contributed by atoms with E-state index in [1.165, 1.54) is 17.1 Å². The number of hydrogen-bond donors (Lipinski definition) is 0. The number of benzene rings is 1. The summed E-state index contributed by atoms with van der Waals surface area (Å²) in [5.74, 6) is 1.29. The summed E-state index contributed by atoms with van der Waals surface area (Å²) < 4.78 is -1.28. The van der Waals surface area contributed by atoms with Crippen LogP contribution in [0.25, 0.3) is 0 Å². The van der Waals surface area contributed by atoms with E-state index in [1.807, 2.05) is 0 Å². The Labute approximate surface area is 132 Å². The summed E-state index contributed by atoms with van der Waals surface area (Å²) in [6.45, 7) is 14.5. The first-order chi connectivity index (χ1) is 8.56. The fraction of sp³-hybridized carbons (Fsp3) is 0.600. The van der Waals surface area contributed by atoms with E-state index in [-0.39, 0.29) is 0 Å². The Morgan fingerprint density at radius 2 is 1.63 bits per heavy atom. The monoisotopic (exact) mass is 378 g/mol. The molecule has 0 N–H and O–H groups in total. The molecule has 0 aromatic heterocycles. The molecule has 1 rings (SSSR count). The Bertz CT molecular complexity index is 445. The molecule has 0 heterocycles. The molecule has 19 heavy (non-hydrogen) atoms. The SMILES string of the molecule is CC(C)(C)[P@@](=[Se])(SCC[Si](C)(C)C)c1ccccc1. The predicted molar refractivity (Wildman–Crippen MR) is 99.1 cm³/mol. The van der Waals surface area contributed by atoms with E-state index in [0.717, 1.165) is 0 Å². The number of rotatable bonds is 5. The minimum absolute atomic E-state index is 0.318. The molecule has 0 aliphatic rings. The maximum absolute atomic E-state index is 3.62. The summed E-state index contributed by atoms with van der Waals surface area (Å²) in [5.41, 5.74) is 0. The van der Waals surface area contributed by atoms with Crippen molar-refractivity contribution in [1.82, 2.24) is 0 Å². The van der Waals surface area contributed by atoms with E-state index in [4.69, 9.17) is 0 Å². The Morgan fingerprint density at radius 1 is 1.11 bits per heavy atom. The van der Waals surface area contributed by atoms with Crippen molar-refractivity contribution in [3.8, 4) is 0 Å². The molecule has 0 unspecified atom stereocenters. The third kappa shape index (κ3) is 5.21. The number of hydrogen-bond acceptors (Lipinski definition) is 1. The van der Waals surface area contributed by atoms with Crippen LogP contribution >= 0.6 is 16.1 Å². The molecule has 1 atom stereocenters. The molecule has 4 heteroatoms. The van der Waals surface area contributed by atoms with E-state index in [0.29, 0.717) is 5.16 Å². The Kier molecular flexibility index (Phi) is 6.24. The first kappa shape index (κ1) is 17.8. The maximum atomic E-state index is 3.62. The van der Waals surface area contributed by atoms with Crippen LogP contribution in [0.2, 0.25) is 25.7 Å². The van der Waals surface area contributed by atoms with Crippen LogP contribution in [0.5, 0.6) is 0 Å². The average molecular weight is 377 g/mol. The molecular formula is C15H27PSSeSi. The third-order valence-electron chi connectivity index (χ3n) is 3.10. The normalized spacial score (nSPS) is 16.1. The van der Waals surface area contributed by atoms with Crippen LogP contribution in [0.4, 0.5) is 0 Å². The van der Waals surface area contributed by atoms with Crippen molar-refractivity contribution in [2.45, 2.75) is 51.6 Å². The van der Waals surface area contributed by atoms with Crippen molar-refractivity contribution in [2.24, 2.45) is 0 Å². The first-order valence-corrected chi connectivity index (χ1v) is 16.2. The van der Waals surface area contributed by atoms with Gasteiger partial charge in [-0.2, -0.15) is 0 Å². The standard InChI is InChI=1S/C15H27PSSeSi/c1-15(2,3)16(18,14-10-8-7-9-11-14)17-12-13-19(4,5)6/h7-11H,12-13H2,1-6H3/t16-/m1/s1. The summed E-state index contributed by atoms with van der Waals surface area (Å²) in [5, 5.41) is 1.83. The molecule has 108 valence electrons. The van der Waals surface area contributed by atoms with Crippen LogP contribution in [-0.4, -0.2) is 34.1 Å². The molecule has 0 fully saturated rings. The molecular weight excluding hydrogens is 350 g/mol. The summed E-state index contributed by atoms with van der Waals surface area (Å²) in [4.78, 5) is 0. The minimum atomic E-state index is -1.28. The van der Waals surface area contributed by atoms with Crippen molar-refractivity contribution in [2.75, 3.05) is 5.75 Å². The van der Waals surface area contributed by atoms with Crippen molar-refractivity contribution >= 4 is 44.6 Å². The molecule has 0 bridgehead atoms. The second kappa shape index (κ2) is 6.67. The van der Waals surface area contributed by atoms with Crippen LogP contribution in [-0.2, 0) is 0 Å². The second-order valence-electron chi connectivity index (χ2n) is 7.20. The molecule has 1 aromatic carbocycles. The van der Waals surface area contributed by atoms with Crippen LogP contribution in [0, 0.1) is 0 Å².